The van der Waals surface area contributed by atoms with Crippen LogP contribution in [0.5, 0.6) is 0 Å². The van der Waals surface area contributed by atoms with Crippen LogP contribution in [0.4, 0.5) is 5.69 Å². The summed E-state index contributed by atoms with van der Waals surface area (Å²) in [6.07, 6.45) is 3.83. The number of esters is 1. The average molecular weight is 276 g/mol. The van der Waals surface area contributed by atoms with Crippen molar-refractivity contribution in [2.45, 2.75) is 12.0 Å². The highest BCUT2D eigenvalue weighted by molar-refractivity contribution is 5.81. The summed E-state index contributed by atoms with van der Waals surface area (Å²) in [6, 6.07) is 6.06. The molecular weight excluding hydrogens is 260 g/mol. The van der Waals surface area contributed by atoms with Crippen LogP contribution >= 0.6 is 0 Å². The van der Waals surface area contributed by atoms with Crippen LogP contribution in [0, 0.1) is 10.1 Å². The van der Waals surface area contributed by atoms with Crippen molar-refractivity contribution in [2.75, 3.05) is 20.7 Å². The van der Waals surface area contributed by atoms with Crippen molar-refractivity contribution >= 4 is 11.7 Å². The lowest BCUT2D eigenvalue weighted by Crippen LogP contribution is -2.36. The fourth-order valence-electron chi connectivity index (χ4n) is 2.49. The number of benzene rings is 1. The second-order valence-corrected chi connectivity index (χ2v) is 4.68. The van der Waals surface area contributed by atoms with Crippen LogP contribution in [-0.4, -0.2) is 42.5 Å². The first-order valence-electron chi connectivity index (χ1n) is 6.24. The first-order chi connectivity index (χ1) is 9.56. The largest absolute Gasteiger partial charge is 0.468 e. The topological polar surface area (TPSA) is 72.7 Å². The van der Waals surface area contributed by atoms with Crippen molar-refractivity contribution in [2.24, 2.45) is 0 Å². The Morgan fingerprint density at radius 1 is 1.50 bits per heavy atom. The van der Waals surface area contributed by atoms with Gasteiger partial charge in [-0.3, -0.25) is 19.8 Å². The van der Waals surface area contributed by atoms with Gasteiger partial charge in [0.05, 0.1) is 12.0 Å². The van der Waals surface area contributed by atoms with Crippen molar-refractivity contribution in [3.63, 3.8) is 0 Å². The zero-order valence-electron chi connectivity index (χ0n) is 11.4. The number of carbonyl (C=O) groups excluding carboxylic acids is 1. The van der Waals surface area contributed by atoms with Gasteiger partial charge in [0.15, 0.2) is 0 Å². The van der Waals surface area contributed by atoms with E-state index < -0.39 is 16.8 Å². The molecule has 106 valence electrons. The molecule has 0 spiro atoms. The van der Waals surface area contributed by atoms with E-state index in [2.05, 4.69) is 0 Å². The van der Waals surface area contributed by atoms with E-state index in [4.69, 9.17) is 4.74 Å². The van der Waals surface area contributed by atoms with E-state index in [1.807, 2.05) is 24.1 Å². The molecule has 0 amide bonds. The van der Waals surface area contributed by atoms with Gasteiger partial charge in [-0.2, -0.15) is 0 Å². The summed E-state index contributed by atoms with van der Waals surface area (Å²) in [5.41, 5.74) is 0.323. The quantitative estimate of drug-likeness (QED) is 0.362. The van der Waals surface area contributed by atoms with Gasteiger partial charge < -0.3 is 4.74 Å². The summed E-state index contributed by atoms with van der Waals surface area (Å²) in [7, 11) is 3.16. The number of nitrogens with zero attached hydrogens (tertiary/aromatic N) is 2. The molecule has 0 aliphatic carbocycles. The third-order valence-electron chi connectivity index (χ3n) is 3.50. The Hall–Kier alpha value is -2.21. The zero-order chi connectivity index (χ0) is 14.7. The first kappa shape index (κ1) is 14.2. The summed E-state index contributed by atoms with van der Waals surface area (Å²) in [5.74, 6) is -1.17. The van der Waals surface area contributed by atoms with Crippen LogP contribution < -0.4 is 0 Å². The maximum absolute atomic E-state index is 12.1. The van der Waals surface area contributed by atoms with Gasteiger partial charge >= 0.3 is 5.97 Å². The van der Waals surface area contributed by atoms with E-state index in [1.54, 1.807) is 18.2 Å². The molecule has 1 aliphatic rings. The predicted molar refractivity (Wildman–Crippen MR) is 73.4 cm³/mol. The minimum Gasteiger partial charge on any atom is -0.468 e. The summed E-state index contributed by atoms with van der Waals surface area (Å²) in [6.45, 7) is 0.707. The van der Waals surface area contributed by atoms with Crippen LogP contribution in [0.1, 0.15) is 11.5 Å². The second-order valence-electron chi connectivity index (χ2n) is 4.68. The molecule has 0 fully saturated rings. The van der Waals surface area contributed by atoms with Crippen molar-refractivity contribution in [1.82, 2.24) is 4.90 Å². The van der Waals surface area contributed by atoms with E-state index >= 15 is 0 Å². The average Bonchev–Trinajstić information content (AvgIpc) is 2.85. The molecule has 0 saturated heterocycles. The molecule has 1 aromatic carbocycles. The van der Waals surface area contributed by atoms with E-state index in [0.717, 1.165) is 0 Å². The second kappa shape index (κ2) is 5.83. The Bertz CT molecular complexity index is 556. The highest BCUT2D eigenvalue weighted by atomic mass is 16.6. The first-order valence-corrected chi connectivity index (χ1v) is 6.24. The van der Waals surface area contributed by atoms with Crippen LogP contribution in [0.15, 0.2) is 36.4 Å². The molecule has 1 aromatic rings. The third-order valence-corrected chi connectivity index (χ3v) is 3.50. The number of methoxy groups -OCH3 is 1. The number of carbonyl (C=O) groups is 1. The summed E-state index contributed by atoms with van der Waals surface area (Å²) in [4.78, 5) is 24.8. The normalized spacial score (nSPS) is 19.8. The maximum Gasteiger partial charge on any atom is 0.315 e. The summed E-state index contributed by atoms with van der Waals surface area (Å²) < 4.78 is 4.84. The van der Waals surface area contributed by atoms with Crippen molar-refractivity contribution in [3.8, 4) is 0 Å². The van der Waals surface area contributed by atoms with Crippen LogP contribution in [0.25, 0.3) is 0 Å². The van der Waals surface area contributed by atoms with Gasteiger partial charge in [-0.25, -0.2) is 0 Å². The molecule has 2 atom stereocenters. The molecule has 0 N–H and O–H groups in total. The SMILES string of the molecule is COC(=O)C(c1ccccc1[N+](=O)[O-])C1C=CCN1C. The predicted octanol–water partition coefficient (Wildman–Crippen LogP) is 1.72. The Kier molecular flexibility index (Phi) is 4.14. The van der Waals surface area contributed by atoms with Crippen LogP contribution in [-0.2, 0) is 9.53 Å². The van der Waals surface area contributed by atoms with E-state index in [0.29, 0.717) is 12.1 Å². The third kappa shape index (κ3) is 2.55. The number of nitro groups is 1. The fraction of sp³-hybridized carbons (Fsp3) is 0.357. The highest BCUT2D eigenvalue weighted by Gasteiger charge is 2.37. The van der Waals surface area contributed by atoms with Gasteiger partial charge in [0.1, 0.15) is 5.92 Å². The highest BCUT2D eigenvalue weighted by Crippen LogP contribution is 2.33. The number of rotatable bonds is 4. The van der Waals surface area contributed by atoms with Gasteiger partial charge in [-0.05, 0) is 7.05 Å². The van der Waals surface area contributed by atoms with Gasteiger partial charge in [-0.1, -0.05) is 30.4 Å². The molecule has 1 aliphatic heterocycles. The number of ether oxygens (including phenoxy) is 1. The lowest BCUT2D eigenvalue weighted by molar-refractivity contribution is -0.385. The molecule has 0 radical (unpaired) electrons. The zero-order valence-corrected chi connectivity index (χ0v) is 11.4. The van der Waals surface area contributed by atoms with Crippen molar-refractivity contribution < 1.29 is 14.5 Å². The summed E-state index contributed by atoms with van der Waals surface area (Å²) >= 11 is 0. The monoisotopic (exact) mass is 276 g/mol. The fourth-order valence-corrected chi connectivity index (χ4v) is 2.49. The maximum atomic E-state index is 12.1. The van der Waals surface area contributed by atoms with Crippen LogP contribution in [0.3, 0.4) is 0 Å². The van der Waals surface area contributed by atoms with Gasteiger partial charge in [0.2, 0.25) is 0 Å². The standard InChI is InChI=1S/C14H16N2O4/c1-15-9-5-8-12(15)13(14(17)20-2)10-6-3-4-7-11(10)16(18)19/h3-8,12-13H,9H2,1-2H3. The van der Waals surface area contributed by atoms with Crippen LogP contribution in [0.2, 0.25) is 0 Å². The lowest BCUT2D eigenvalue weighted by atomic mass is 9.90. The molecule has 20 heavy (non-hydrogen) atoms. The number of hydrogen-bond donors (Lipinski definition) is 0. The number of hydrogen-bond acceptors (Lipinski definition) is 5. The van der Waals surface area contributed by atoms with Gasteiger partial charge in [-0.15, -0.1) is 0 Å². The van der Waals surface area contributed by atoms with Crippen molar-refractivity contribution in [3.05, 3.63) is 52.1 Å². The Morgan fingerprint density at radius 2 is 2.20 bits per heavy atom. The van der Waals surface area contributed by atoms with E-state index in [9.17, 15) is 14.9 Å². The van der Waals surface area contributed by atoms with Gasteiger partial charge in [0.25, 0.3) is 5.69 Å². The van der Waals surface area contributed by atoms with Crippen molar-refractivity contribution in [1.29, 1.82) is 0 Å². The molecule has 2 rings (SSSR count). The van der Waals surface area contributed by atoms with E-state index in [1.165, 1.54) is 13.2 Å². The molecule has 2 unspecified atom stereocenters. The molecule has 1 heterocycles. The van der Waals surface area contributed by atoms with Gasteiger partial charge in [0, 0.05) is 24.2 Å². The molecular formula is C14H16N2O4. The smallest absolute Gasteiger partial charge is 0.315 e. The Balaban J connectivity index is 2.49. The Labute approximate surface area is 116 Å². The number of likely N-dealkylation sites (N-methyl/N-ethyl adjacent to an activating group) is 1. The van der Waals surface area contributed by atoms with E-state index in [-0.39, 0.29) is 11.7 Å². The minimum absolute atomic E-state index is 0.0587. The number of para-hydroxylation sites is 1. The molecule has 0 aromatic heterocycles. The molecule has 0 bridgehead atoms. The lowest BCUT2D eigenvalue weighted by Gasteiger charge is -2.26. The molecule has 6 nitrogen and oxygen atoms in total. The molecule has 6 heteroatoms. The minimum atomic E-state index is -0.703. The number of nitro benzene ring substituents is 1. The molecule has 0 saturated carbocycles. The summed E-state index contributed by atoms with van der Waals surface area (Å²) in [5, 5.41) is 11.2. The Morgan fingerprint density at radius 3 is 2.75 bits per heavy atom.